The van der Waals surface area contributed by atoms with Crippen LogP contribution in [0.5, 0.6) is 11.5 Å². The smallest absolute Gasteiger partial charge is 0.220 e. The van der Waals surface area contributed by atoms with Gasteiger partial charge in [-0.25, -0.2) is 0 Å². The van der Waals surface area contributed by atoms with Gasteiger partial charge in [-0.05, 0) is 60.1 Å². The summed E-state index contributed by atoms with van der Waals surface area (Å²) in [6, 6.07) is 12.2. The Morgan fingerprint density at radius 1 is 1.16 bits per heavy atom. The summed E-state index contributed by atoms with van der Waals surface area (Å²) in [5.74, 6) is 1.82. The van der Waals surface area contributed by atoms with Gasteiger partial charge < -0.3 is 14.8 Å². The van der Waals surface area contributed by atoms with Crippen LogP contribution in [0.25, 0.3) is 0 Å². The number of hydrogen-bond donors (Lipinski definition) is 1. The molecule has 0 fully saturated rings. The van der Waals surface area contributed by atoms with Gasteiger partial charge in [-0.1, -0.05) is 24.3 Å². The van der Waals surface area contributed by atoms with Crippen molar-refractivity contribution >= 4 is 5.91 Å². The second-order valence-corrected chi connectivity index (χ2v) is 6.55. The Bertz CT molecular complexity index is 770. The van der Waals surface area contributed by atoms with E-state index >= 15 is 0 Å². The van der Waals surface area contributed by atoms with Crippen LogP contribution in [0.1, 0.15) is 41.0 Å². The molecule has 25 heavy (non-hydrogen) atoms. The van der Waals surface area contributed by atoms with E-state index in [-0.39, 0.29) is 11.8 Å². The maximum Gasteiger partial charge on any atom is 0.220 e. The van der Waals surface area contributed by atoms with E-state index in [1.54, 1.807) is 14.2 Å². The van der Waals surface area contributed by atoms with Gasteiger partial charge in [0, 0.05) is 13.0 Å². The predicted octanol–water partition coefficient (Wildman–Crippen LogP) is 3.75. The highest BCUT2D eigenvalue weighted by molar-refractivity contribution is 5.77. The molecule has 0 heterocycles. The molecule has 1 atom stereocenters. The van der Waals surface area contributed by atoms with Gasteiger partial charge in [0.2, 0.25) is 5.91 Å². The van der Waals surface area contributed by atoms with Crippen molar-refractivity contribution in [2.24, 2.45) is 0 Å². The fraction of sp³-hybridized carbons (Fsp3) is 0.381. The van der Waals surface area contributed by atoms with E-state index in [0.29, 0.717) is 13.0 Å². The number of aryl methyl sites for hydroxylation is 2. The summed E-state index contributed by atoms with van der Waals surface area (Å²) in [5, 5.41) is 3.05. The molecule has 0 spiro atoms. The first-order chi connectivity index (χ1) is 12.1. The minimum Gasteiger partial charge on any atom is -0.493 e. The zero-order valence-electron chi connectivity index (χ0n) is 15.1. The first kappa shape index (κ1) is 17.3. The number of ether oxygens (including phenoxy) is 2. The molecule has 1 unspecified atom stereocenters. The molecule has 4 nitrogen and oxygen atoms in total. The van der Waals surface area contributed by atoms with Crippen LogP contribution in [-0.4, -0.2) is 20.1 Å². The Morgan fingerprint density at radius 3 is 2.60 bits per heavy atom. The number of hydrogen-bond acceptors (Lipinski definition) is 3. The molecule has 0 saturated carbocycles. The van der Waals surface area contributed by atoms with Crippen molar-refractivity contribution in [1.29, 1.82) is 0 Å². The lowest BCUT2D eigenvalue weighted by atomic mass is 9.97. The van der Waals surface area contributed by atoms with Gasteiger partial charge in [-0.15, -0.1) is 0 Å². The van der Waals surface area contributed by atoms with Crippen LogP contribution in [0.3, 0.4) is 0 Å². The van der Waals surface area contributed by atoms with E-state index in [0.717, 1.165) is 29.9 Å². The van der Waals surface area contributed by atoms with Crippen molar-refractivity contribution in [3.8, 4) is 11.5 Å². The van der Waals surface area contributed by atoms with Gasteiger partial charge in [0.15, 0.2) is 11.5 Å². The first-order valence-electron chi connectivity index (χ1n) is 8.68. The molecule has 132 valence electrons. The van der Waals surface area contributed by atoms with Gasteiger partial charge >= 0.3 is 0 Å². The molecule has 1 aliphatic carbocycles. The van der Waals surface area contributed by atoms with Crippen LogP contribution in [-0.2, 0) is 17.8 Å². The number of fused-ring (bicyclic) bond motifs is 1. The maximum absolute atomic E-state index is 12.4. The molecular weight excluding hydrogens is 314 g/mol. The van der Waals surface area contributed by atoms with Gasteiger partial charge in [-0.2, -0.15) is 0 Å². The maximum atomic E-state index is 12.4. The van der Waals surface area contributed by atoms with Crippen molar-refractivity contribution in [2.75, 3.05) is 14.2 Å². The lowest BCUT2D eigenvalue weighted by Gasteiger charge is -2.15. The molecule has 2 aromatic rings. The summed E-state index contributed by atoms with van der Waals surface area (Å²) < 4.78 is 10.8. The highest BCUT2D eigenvalue weighted by Gasteiger charge is 2.26. The predicted molar refractivity (Wildman–Crippen MR) is 98.3 cm³/mol. The molecule has 0 saturated heterocycles. The van der Waals surface area contributed by atoms with E-state index in [1.165, 1.54) is 16.7 Å². The van der Waals surface area contributed by atoms with Crippen molar-refractivity contribution < 1.29 is 14.3 Å². The van der Waals surface area contributed by atoms with Crippen LogP contribution < -0.4 is 14.8 Å². The number of carbonyl (C=O) groups excluding carboxylic acids is 1. The first-order valence-corrected chi connectivity index (χ1v) is 8.68. The molecule has 0 aliphatic heterocycles. The third kappa shape index (κ3) is 3.78. The largest absolute Gasteiger partial charge is 0.493 e. The van der Waals surface area contributed by atoms with Crippen LogP contribution in [0, 0.1) is 6.92 Å². The Hall–Kier alpha value is -2.49. The molecule has 2 aromatic carbocycles. The minimum atomic E-state index is 0.0934. The number of rotatable bonds is 6. The third-order valence-corrected chi connectivity index (χ3v) is 5.02. The molecule has 1 aliphatic rings. The summed E-state index contributed by atoms with van der Waals surface area (Å²) in [7, 11) is 3.29. The van der Waals surface area contributed by atoms with E-state index in [1.807, 2.05) is 24.3 Å². The summed E-state index contributed by atoms with van der Waals surface area (Å²) >= 11 is 0. The molecule has 0 radical (unpaired) electrons. The highest BCUT2D eigenvalue weighted by Crippen LogP contribution is 2.41. The Balaban J connectivity index is 1.65. The standard InChI is InChI=1S/C21H25NO3/c1-14-6-4-5-7-17(14)13-22-21(23)11-16-9-8-15-10-19(24-2)20(25-3)12-18(15)16/h4-7,10,12,16H,8-9,11,13H2,1-3H3,(H,22,23). The summed E-state index contributed by atoms with van der Waals surface area (Å²) in [6.45, 7) is 2.64. The topological polar surface area (TPSA) is 47.6 Å². The van der Waals surface area contributed by atoms with Gasteiger partial charge in [0.1, 0.15) is 0 Å². The molecule has 0 aromatic heterocycles. The number of benzene rings is 2. The quantitative estimate of drug-likeness (QED) is 0.872. The lowest BCUT2D eigenvalue weighted by Crippen LogP contribution is -2.24. The van der Waals surface area contributed by atoms with Gasteiger partial charge in [0.25, 0.3) is 0 Å². The lowest BCUT2D eigenvalue weighted by molar-refractivity contribution is -0.121. The van der Waals surface area contributed by atoms with Crippen molar-refractivity contribution in [3.63, 3.8) is 0 Å². The second-order valence-electron chi connectivity index (χ2n) is 6.55. The van der Waals surface area contributed by atoms with E-state index in [9.17, 15) is 4.79 Å². The summed E-state index contributed by atoms with van der Waals surface area (Å²) in [6.07, 6.45) is 2.48. The SMILES string of the molecule is COc1cc2c(cc1OC)C(CC(=O)NCc1ccccc1C)CC2. The Labute approximate surface area is 149 Å². The number of amides is 1. The normalized spacial score (nSPS) is 15.6. The zero-order valence-corrected chi connectivity index (χ0v) is 15.1. The molecule has 0 bridgehead atoms. The molecule has 1 amide bonds. The number of methoxy groups -OCH3 is 2. The zero-order chi connectivity index (χ0) is 17.8. The summed E-state index contributed by atoms with van der Waals surface area (Å²) in [4.78, 5) is 12.4. The van der Waals surface area contributed by atoms with Gasteiger partial charge in [-0.3, -0.25) is 4.79 Å². The van der Waals surface area contributed by atoms with E-state index in [2.05, 4.69) is 24.4 Å². The van der Waals surface area contributed by atoms with Crippen molar-refractivity contribution in [3.05, 3.63) is 58.7 Å². The Kier molecular flexibility index (Phi) is 5.27. The molecule has 4 heteroatoms. The highest BCUT2D eigenvalue weighted by atomic mass is 16.5. The molecular formula is C21H25NO3. The van der Waals surface area contributed by atoms with Crippen LogP contribution in [0.15, 0.2) is 36.4 Å². The summed E-state index contributed by atoms with van der Waals surface area (Å²) in [5.41, 5.74) is 4.83. The van der Waals surface area contributed by atoms with Crippen LogP contribution in [0.2, 0.25) is 0 Å². The number of nitrogens with one attached hydrogen (secondary N) is 1. The van der Waals surface area contributed by atoms with Crippen LogP contribution in [0.4, 0.5) is 0 Å². The third-order valence-electron chi connectivity index (χ3n) is 5.02. The van der Waals surface area contributed by atoms with Crippen molar-refractivity contribution in [1.82, 2.24) is 5.32 Å². The number of carbonyl (C=O) groups is 1. The molecule has 3 rings (SSSR count). The minimum absolute atomic E-state index is 0.0934. The van der Waals surface area contributed by atoms with Gasteiger partial charge in [0.05, 0.1) is 14.2 Å². The van der Waals surface area contributed by atoms with E-state index in [4.69, 9.17) is 9.47 Å². The van der Waals surface area contributed by atoms with Crippen LogP contribution >= 0.6 is 0 Å². The molecule has 1 N–H and O–H groups in total. The average Bonchev–Trinajstić information content (AvgIpc) is 3.01. The average molecular weight is 339 g/mol. The monoisotopic (exact) mass is 339 g/mol. The van der Waals surface area contributed by atoms with E-state index < -0.39 is 0 Å². The van der Waals surface area contributed by atoms with Crippen molar-refractivity contribution in [2.45, 2.75) is 38.6 Å². The fourth-order valence-corrected chi connectivity index (χ4v) is 3.53. The Morgan fingerprint density at radius 2 is 1.88 bits per heavy atom. The second kappa shape index (κ2) is 7.60. The fourth-order valence-electron chi connectivity index (χ4n) is 3.53.